The molecule has 76 valence electrons. The number of allylic oxidation sites excluding steroid dienone is 1. The van der Waals surface area contributed by atoms with Crippen LogP contribution in [0, 0.1) is 0 Å². The third-order valence-corrected chi connectivity index (χ3v) is 2.30. The summed E-state index contributed by atoms with van der Waals surface area (Å²) >= 11 is 11.0. The van der Waals surface area contributed by atoms with Crippen molar-refractivity contribution in [3.8, 4) is 0 Å². The molecule has 0 aliphatic heterocycles. The van der Waals surface area contributed by atoms with Crippen LogP contribution < -0.4 is 11.3 Å². The molecule has 0 aromatic carbocycles. The van der Waals surface area contributed by atoms with E-state index in [1.807, 2.05) is 0 Å². The van der Waals surface area contributed by atoms with Gasteiger partial charge in [0.25, 0.3) is 5.56 Å². The van der Waals surface area contributed by atoms with E-state index in [1.54, 1.807) is 6.92 Å². The summed E-state index contributed by atoms with van der Waals surface area (Å²) in [5, 5.41) is 0.0266. The smallest absolute Gasteiger partial charge is 0.278 e. The molecule has 0 unspecified atom stereocenters. The van der Waals surface area contributed by atoms with E-state index in [4.69, 9.17) is 28.9 Å². The quantitative estimate of drug-likeness (QED) is 0.791. The summed E-state index contributed by atoms with van der Waals surface area (Å²) < 4.78 is 1.34. The van der Waals surface area contributed by atoms with E-state index in [1.165, 1.54) is 16.4 Å². The van der Waals surface area contributed by atoms with Crippen molar-refractivity contribution in [1.82, 2.24) is 9.55 Å². The molecule has 0 fully saturated rings. The number of aromatic nitrogens is 2. The fourth-order valence-corrected chi connectivity index (χ4v) is 1.09. The van der Waals surface area contributed by atoms with E-state index in [9.17, 15) is 4.79 Å². The van der Waals surface area contributed by atoms with Crippen molar-refractivity contribution in [2.24, 2.45) is 0 Å². The molecule has 1 aromatic heterocycles. The zero-order chi connectivity index (χ0) is 10.7. The third-order valence-electron chi connectivity index (χ3n) is 1.63. The Kier molecular flexibility index (Phi) is 3.55. The fourth-order valence-electron chi connectivity index (χ4n) is 0.901. The van der Waals surface area contributed by atoms with E-state index in [0.717, 1.165) is 5.57 Å². The van der Waals surface area contributed by atoms with Crippen molar-refractivity contribution in [2.75, 3.05) is 5.73 Å². The van der Waals surface area contributed by atoms with Gasteiger partial charge in [0.2, 0.25) is 0 Å². The number of hydrogen-bond donors (Lipinski definition) is 1. The molecule has 0 bridgehead atoms. The van der Waals surface area contributed by atoms with Crippen LogP contribution in [0.2, 0.25) is 5.15 Å². The average molecular weight is 234 g/mol. The van der Waals surface area contributed by atoms with Gasteiger partial charge in [-0.15, -0.1) is 0 Å². The predicted octanol–water partition coefficient (Wildman–Crippen LogP) is 1.62. The van der Waals surface area contributed by atoms with Gasteiger partial charge in [-0.25, -0.2) is 4.98 Å². The summed E-state index contributed by atoms with van der Waals surface area (Å²) in [6, 6.07) is 0. The highest BCUT2D eigenvalue weighted by molar-refractivity contribution is 6.31. The SMILES string of the molecule is C/C(=C\Cl)Cn1cnc(Cl)c(N)c1=O. The molecule has 0 radical (unpaired) electrons. The molecular weight excluding hydrogens is 225 g/mol. The number of halogens is 2. The highest BCUT2D eigenvalue weighted by Gasteiger charge is 2.05. The standard InChI is InChI=1S/C8H9Cl2N3O/c1-5(2-9)3-13-4-12-7(10)6(11)8(13)14/h2,4H,3,11H2,1H3/b5-2+. The largest absolute Gasteiger partial charge is 0.392 e. The van der Waals surface area contributed by atoms with Crippen molar-refractivity contribution < 1.29 is 0 Å². The lowest BCUT2D eigenvalue weighted by Crippen LogP contribution is -2.24. The Hall–Kier alpha value is -1.00. The summed E-state index contributed by atoms with van der Waals surface area (Å²) in [6.45, 7) is 2.15. The minimum absolute atomic E-state index is 0.0266. The van der Waals surface area contributed by atoms with E-state index in [-0.39, 0.29) is 16.4 Å². The number of nitrogens with two attached hydrogens (primary N) is 1. The molecule has 1 heterocycles. The lowest BCUT2D eigenvalue weighted by molar-refractivity contribution is 0.729. The van der Waals surface area contributed by atoms with Crippen LogP contribution in [0.15, 0.2) is 22.2 Å². The number of nitrogen functional groups attached to an aromatic ring is 1. The maximum atomic E-state index is 11.5. The maximum absolute atomic E-state index is 11.5. The first kappa shape index (κ1) is 11.1. The molecule has 0 spiro atoms. The van der Waals surface area contributed by atoms with Gasteiger partial charge in [0.1, 0.15) is 5.69 Å². The number of nitrogens with zero attached hydrogens (tertiary/aromatic N) is 2. The minimum atomic E-state index is -0.358. The van der Waals surface area contributed by atoms with Gasteiger partial charge in [-0.1, -0.05) is 23.2 Å². The van der Waals surface area contributed by atoms with Gasteiger partial charge in [-0.3, -0.25) is 9.36 Å². The van der Waals surface area contributed by atoms with E-state index in [0.29, 0.717) is 6.54 Å². The topological polar surface area (TPSA) is 60.9 Å². The third kappa shape index (κ3) is 2.27. The van der Waals surface area contributed by atoms with E-state index >= 15 is 0 Å². The molecular formula is C8H9Cl2N3O. The fraction of sp³-hybridized carbons (Fsp3) is 0.250. The Morgan fingerprint density at radius 2 is 2.43 bits per heavy atom. The monoisotopic (exact) mass is 233 g/mol. The van der Waals surface area contributed by atoms with Gasteiger partial charge >= 0.3 is 0 Å². The van der Waals surface area contributed by atoms with Gasteiger partial charge in [0, 0.05) is 12.1 Å². The predicted molar refractivity (Wildman–Crippen MR) is 57.5 cm³/mol. The molecule has 0 aliphatic rings. The van der Waals surface area contributed by atoms with Crippen molar-refractivity contribution >= 4 is 28.9 Å². The first-order valence-electron chi connectivity index (χ1n) is 3.82. The number of hydrogen-bond acceptors (Lipinski definition) is 3. The minimum Gasteiger partial charge on any atom is -0.392 e. The molecule has 14 heavy (non-hydrogen) atoms. The Morgan fingerprint density at radius 3 is 3.00 bits per heavy atom. The summed E-state index contributed by atoms with van der Waals surface area (Å²) in [5.41, 5.74) is 7.25. The lowest BCUT2D eigenvalue weighted by atomic mass is 10.3. The summed E-state index contributed by atoms with van der Waals surface area (Å²) in [4.78, 5) is 15.2. The Morgan fingerprint density at radius 1 is 1.79 bits per heavy atom. The van der Waals surface area contributed by atoms with Crippen LogP contribution in [0.1, 0.15) is 6.92 Å². The van der Waals surface area contributed by atoms with Gasteiger partial charge in [-0.2, -0.15) is 0 Å². The molecule has 0 atom stereocenters. The van der Waals surface area contributed by atoms with Gasteiger partial charge in [-0.05, 0) is 12.5 Å². The van der Waals surface area contributed by atoms with Crippen LogP contribution >= 0.6 is 23.2 Å². The van der Waals surface area contributed by atoms with Crippen LogP contribution in [0.5, 0.6) is 0 Å². The molecule has 0 saturated carbocycles. The first-order chi connectivity index (χ1) is 6.56. The molecule has 0 saturated heterocycles. The highest BCUT2D eigenvalue weighted by atomic mass is 35.5. The van der Waals surface area contributed by atoms with E-state index in [2.05, 4.69) is 4.98 Å². The van der Waals surface area contributed by atoms with Crippen molar-refractivity contribution in [2.45, 2.75) is 13.5 Å². The Bertz CT molecular complexity index is 425. The van der Waals surface area contributed by atoms with Crippen LogP contribution in [-0.4, -0.2) is 9.55 Å². The number of rotatable bonds is 2. The Balaban J connectivity index is 3.13. The average Bonchev–Trinajstić information content (AvgIpc) is 2.19. The summed E-state index contributed by atoms with van der Waals surface area (Å²) in [5.74, 6) is 0. The van der Waals surface area contributed by atoms with Gasteiger partial charge in [0.05, 0.1) is 6.33 Å². The van der Waals surface area contributed by atoms with Crippen LogP contribution in [0.3, 0.4) is 0 Å². The lowest BCUT2D eigenvalue weighted by Gasteiger charge is -2.05. The molecule has 1 rings (SSSR count). The molecule has 0 aliphatic carbocycles. The van der Waals surface area contributed by atoms with E-state index < -0.39 is 0 Å². The summed E-state index contributed by atoms with van der Waals surface area (Å²) in [7, 11) is 0. The highest BCUT2D eigenvalue weighted by Crippen LogP contribution is 2.08. The molecule has 2 N–H and O–H groups in total. The molecule has 0 amide bonds. The Labute approximate surface area is 91.0 Å². The summed E-state index contributed by atoms with van der Waals surface area (Å²) in [6.07, 6.45) is 1.34. The normalized spacial score (nSPS) is 11.8. The van der Waals surface area contributed by atoms with Gasteiger partial charge < -0.3 is 5.73 Å². The zero-order valence-electron chi connectivity index (χ0n) is 7.50. The second kappa shape index (κ2) is 4.48. The second-order valence-electron chi connectivity index (χ2n) is 2.84. The molecule has 1 aromatic rings. The van der Waals surface area contributed by atoms with Crippen LogP contribution in [0.25, 0.3) is 0 Å². The zero-order valence-corrected chi connectivity index (χ0v) is 9.01. The maximum Gasteiger partial charge on any atom is 0.278 e. The van der Waals surface area contributed by atoms with Crippen molar-refractivity contribution in [3.63, 3.8) is 0 Å². The van der Waals surface area contributed by atoms with Crippen molar-refractivity contribution in [1.29, 1.82) is 0 Å². The first-order valence-corrected chi connectivity index (χ1v) is 4.64. The second-order valence-corrected chi connectivity index (χ2v) is 3.41. The molecule has 4 nitrogen and oxygen atoms in total. The molecule has 6 heteroatoms. The van der Waals surface area contributed by atoms with Crippen molar-refractivity contribution in [3.05, 3.63) is 32.9 Å². The number of anilines is 1. The van der Waals surface area contributed by atoms with Gasteiger partial charge in [0.15, 0.2) is 5.15 Å². The van der Waals surface area contributed by atoms with Crippen LogP contribution in [0.4, 0.5) is 5.69 Å². The van der Waals surface area contributed by atoms with Crippen LogP contribution in [-0.2, 0) is 6.54 Å².